The van der Waals surface area contributed by atoms with Gasteiger partial charge in [0.2, 0.25) is 0 Å². The molecule has 3 heterocycles. The van der Waals surface area contributed by atoms with Gasteiger partial charge in [0.15, 0.2) is 0 Å². The van der Waals surface area contributed by atoms with Crippen molar-refractivity contribution in [3.63, 3.8) is 0 Å². The number of nitrogens with zero attached hydrogens (tertiary/aromatic N) is 4. The molecule has 1 aliphatic heterocycles. The maximum Gasteiger partial charge on any atom is 0.275 e. The molecule has 2 fully saturated rings. The summed E-state index contributed by atoms with van der Waals surface area (Å²) in [5.41, 5.74) is 1.64. The smallest absolute Gasteiger partial charge is 0.275 e. The minimum absolute atomic E-state index is 0.00115. The predicted molar refractivity (Wildman–Crippen MR) is 89.7 cm³/mol. The van der Waals surface area contributed by atoms with E-state index >= 15 is 0 Å². The Morgan fingerprint density at radius 3 is 2.83 bits per heavy atom. The topological polar surface area (TPSA) is 52.3 Å². The van der Waals surface area contributed by atoms with Gasteiger partial charge in [-0.2, -0.15) is 5.10 Å². The number of carbonyl (C=O) groups is 1. The van der Waals surface area contributed by atoms with Gasteiger partial charge in [0.05, 0.1) is 25.3 Å². The molecule has 2 aliphatic rings. The Morgan fingerprint density at radius 1 is 1.25 bits per heavy atom. The normalized spacial score (nSPS) is 22.2. The Bertz CT molecular complexity index is 714. The molecule has 24 heavy (non-hydrogen) atoms. The molecule has 2 aromatic heterocycles. The van der Waals surface area contributed by atoms with Crippen molar-refractivity contribution < 1.29 is 9.53 Å². The van der Waals surface area contributed by atoms with Gasteiger partial charge < -0.3 is 14.2 Å². The average molecular weight is 328 g/mol. The summed E-state index contributed by atoms with van der Waals surface area (Å²) < 4.78 is 9.67. The van der Waals surface area contributed by atoms with Crippen LogP contribution in [-0.2, 0) is 11.8 Å². The SMILES string of the molecule is Cn1cccc1[C@H]1COCCN1C(=O)c1ccn(C2CCCC2)n1. The molecule has 1 atom stereocenters. The maximum absolute atomic E-state index is 13.0. The molecule has 1 amide bonds. The zero-order valence-electron chi connectivity index (χ0n) is 14.1. The van der Waals surface area contributed by atoms with Crippen molar-refractivity contribution in [2.45, 2.75) is 37.8 Å². The van der Waals surface area contributed by atoms with Crippen LogP contribution in [0.25, 0.3) is 0 Å². The number of carbonyl (C=O) groups excluding carboxylic acids is 1. The van der Waals surface area contributed by atoms with E-state index in [9.17, 15) is 4.79 Å². The lowest BCUT2D eigenvalue weighted by atomic mass is 10.1. The average Bonchev–Trinajstić information content (AvgIpc) is 3.35. The molecule has 0 spiro atoms. The van der Waals surface area contributed by atoms with Gasteiger partial charge in [-0.1, -0.05) is 12.8 Å². The molecule has 1 saturated heterocycles. The molecule has 6 nitrogen and oxygen atoms in total. The van der Waals surface area contributed by atoms with Gasteiger partial charge in [0.1, 0.15) is 5.69 Å². The van der Waals surface area contributed by atoms with Crippen molar-refractivity contribution in [3.8, 4) is 0 Å². The number of aryl methyl sites for hydroxylation is 1. The summed E-state index contributed by atoms with van der Waals surface area (Å²) >= 11 is 0. The van der Waals surface area contributed by atoms with E-state index < -0.39 is 0 Å². The fourth-order valence-corrected chi connectivity index (χ4v) is 3.88. The lowest BCUT2D eigenvalue weighted by Crippen LogP contribution is -2.44. The van der Waals surface area contributed by atoms with E-state index in [-0.39, 0.29) is 11.9 Å². The highest BCUT2D eigenvalue weighted by molar-refractivity contribution is 5.92. The number of rotatable bonds is 3. The molecular formula is C18H24N4O2. The zero-order valence-corrected chi connectivity index (χ0v) is 14.1. The molecule has 0 bridgehead atoms. The van der Waals surface area contributed by atoms with Gasteiger partial charge >= 0.3 is 0 Å². The Kier molecular flexibility index (Phi) is 4.14. The first-order valence-corrected chi connectivity index (χ1v) is 8.79. The van der Waals surface area contributed by atoms with E-state index in [0.717, 1.165) is 5.69 Å². The Hall–Kier alpha value is -2.08. The number of morpholine rings is 1. The molecule has 2 aromatic rings. The summed E-state index contributed by atoms with van der Waals surface area (Å²) in [6.45, 7) is 1.72. The van der Waals surface area contributed by atoms with E-state index in [2.05, 4.69) is 15.7 Å². The van der Waals surface area contributed by atoms with E-state index in [1.54, 1.807) is 0 Å². The highest BCUT2D eigenvalue weighted by atomic mass is 16.5. The third-order valence-corrected chi connectivity index (χ3v) is 5.24. The molecule has 0 unspecified atom stereocenters. The van der Waals surface area contributed by atoms with Crippen molar-refractivity contribution in [1.29, 1.82) is 0 Å². The lowest BCUT2D eigenvalue weighted by Gasteiger charge is -2.35. The molecule has 0 aromatic carbocycles. The van der Waals surface area contributed by atoms with Crippen LogP contribution in [0.5, 0.6) is 0 Å². The van der Waals surface area contributed by atoms with E-state index in [1.165, 1.54) is 25.7 Å². The van der Waals surface area contributed by atoms with Crippen molar-refractivity contribution in [2.75, 3.05) is 19.8 Å². The predicted octanol–water partition coefficient (Wildman–Crippen LogP) is 2.55. The van der Waals surface area contributed by atoms with Crippen LogP contribution in [0.3, 0.4) is 0 Å². The first kappa shape index (κ1) is 15.4. The molecule has 4 rings (SSSR count). The summed E-state index contributed by atoms with van der Waals surface area (Å²) in [6.07, 6.45) is 8.81. The number of hydrogen-bond donors (Lipinski definition) is 0. The molecule has 128 valence electrons. The van der Waals surface area contributed by atoms with Gasteiger partial charge in [-0.25, -0.2) is 0 Å². The van der Waals surface area contributed by atoms with E-state index in [4.69, 9.17) is 4.74 Å². The van der Waals surface area contributed by atoms with E-state index in [1.807, 2.05) is 41.2 Å². The number of amides is 1. The second kappa shape index (κ2) is 6.43. The molecule has 6 heteroatoms. The van der Waals surface area contributed by atoms with Gasteiger partial charge in [0, 0.05) is 31.7 Å². The zero-order chi connectivity index (χ0) is 16.5. The molecule has 0 radical (unpaired) electrons. The number of ether oxygens (including phenoxy) is 1. The molecule has 1 saturated carbocycles. The first-order chi connectivity index (χ1) is 11.7. The van der Waals surface area contributed by atoms with Crippen LogP contribution in [0.2, 0.25) is 0 Å². The third kappa shape index (κ3) is 2.75. The number of hydrogen-bond acceptors (Lipinski definition) is 3. The van der Waals surface area contributed by atoms with Crippen LogP contribution in [0, 0.1) is 0 Å². The fraction of sp³-hybridized carbons (Fsp3) is 0.556. The Morgan fingerprint density at radius 2 is 2.08 bits per heavy atom. The van der Waals surface area contributed by atoms with Crippen LogP contribution in [0.15, 0.2) is 30.6 Å². The summed E-state index contributed by atoms with van der Waals surface area (Å²) in [6, 6.07) is 6.32. The molecule has 1 aliphatic carbocycles. The highest BCUT2D eigenvalue weighted by Gasteiger charge is 2.32. The van der Waals surface area contributed by atoms with Crippen molar-refractivity contribution in [1.82, 2.24) is 19.2 Å². The monoisotopic (exact) mass is 328 g/mol. The number of aromatic nitrogens is 3. The van der Waals surface area contributed by atoms with Gasteiger partial charge in [-0.05, 0) is 31.0 Å². The van der Waals surface area contributed by atoms with Crippen LogP contribution in [-0.4, -0.2) is 44.9 Å². The van der Waals surface area contributed by atoms with Crippen LogP contribution in [0.1, 0.15) is 53.9 Å². The van der Waals surface area contributed by atoms with Crippen LogP contribution in [0.4, 0.5) is 0 Å². The van der Waals surface area contributed by atoms with Crippen LogP contribution < -0.4 is 0 Å². The lowest BCUT2D eigenvalue weighted by molar-refractivity contribution is -0.00499. The van der Waals surface area contributed by atoms with Gasteiger partial charge in [-0.15, -0.1) is 0 Å². The maximum atomic E-state index is 13.0. The Labute approximate surface area is 142 Å². The Balaban J connectivity index is 1.56. The standard InChI is InChI=1S/C18H24N4O2/c1-20-9-4-7-16(20)17-13-24-12-11-21(17)18(23)15-8-10-22(19-15)14-5-2-3-6-14/h4,7-10,14,17H,2-3,5-6,11-13H2,1H3/t17-/m1/s1. The largest absolute Gasteiger partial charge is 0.377 e. The van der Waals surface area contributed by atoms with Crippen LogP contribution >= 0.6 is 0 Å². The summed E-state index contributed by atoms with van der Waals surface area (Å²) in [5, 5.41) is 4.58. The molecular weight excluding hydrogens is 304 g/mol. The molecule has 0 N–H and O–H groups in total. The van der Waals surface area contributed by atoms with Crippen molar-refractivity contribution >= 4 is 5.91 Å². The highest BCUT2D eigenvalue weighted by Crippen LogP contribution is 2.30. The summed E-state index contributed by atoms with van der Waals surface area (Å²) in [5.74, 6) is 0.00115. The van der Waals surface area contributed by atoms with Gasteiger partial charge in [0.25, 0.3) is 5.91 Å². The summed E-state index contributed by atoms with van der Waals surface area (Å²) in [7, 11) is 2.00. The summed E-state index contributed by atoms with van der Waals surface area (Å²) in [4.78, 5) is 14.9. The third-order valence-electron chi connectivity index (χ3n) is 5.24. The van der Waals surface area contributed by atoms with Gasteiger partial charge in [-0.3, -0.25) is 9.48 Å². The second-order valence-electron chi connectivity index (χ2n) is 6.75. The van der Waals surface area contributed by atoms with E-state index in [0.29, 0.717) is 31.5 Å². The minimum Gasteiger partial charge on any atom is -0.377 e. The fourth-order valence-electron chi connectivity index (χ4n) is 3.88. The quantitative estimate of drug-likeness (QED) is 0.870. The van der Waals surface area contributed by atoms with Crippen molar-refractivity contribution in [3.05, 3.63) is 42.0 Å². The first-order valence-electron chi connectivity index (χ1n) is 8.79. The second-order valence-corrected chi connectivity index (χ2v) is 6.75. The minimum atomic E-state index is -0.0529. The van der Waals surface area contributed by atoms with Crippen molar-refractivity contribution in [2.24, 2.45) is 7.05 Å².